The second-order valence-electron chi connectivity index (χ2n) is 7.62. The molecule has 3 aliphatic rings. The van der Waals surface area contributed by atoms with Crippen molar-refractivity contribution in [1.82, 2.24) is 10.6 Å². The molecule has 0 bridgehead atoms. The molecule has 0 amide bonds. The number of nitrogens with one attached hydrogen (secondary N) is 2. The zero-order chi connectivity index (χ0) is 17.4. The van der Waals surface area contributed by atoms with E-state index in [1.807, 2.05) is 13.1 Å². The van der Waals surface area contributed by atoms with Crippen molar-refractivity contribution in [3.05, 3.63) is 23.8 Å². The lowest BCUT2D eigenvalue weighted by Crippen LogP contribution is -2.68. The van der Waals surface area contributed by atoms with E-state index in [-0.39, 0.29) is 29.4 Å². The molecule has 7 heteroatoms. The number of rotatable bonds is 4. The van der Waals surface area contributed by atoms with E-state index in [0.29, 0.717) is 24.9 Å². The summed E-state index contributed by atoms with van der Waals surface area (Å²) in [6.07, 6.45) is 2.43. The molecule has 0 radical (unpaired) electrons. The van der Waals surface area contributed by atoms with Gasteiger partial charge in [-0.05, 0) is 30.5 Å². The number of aliphatic imine (C=N–C) groups is 1. The number of halogens is 1. The number of ether oxygens (including phenoxy) is 3. The summed E-state index contributed by atoms with van der Waals surface area (Å²) in [4.78, 5) is 4.39. The molecule has 1 aliphatic carbocycles. The average Bonchev–Trinajstić information content (AvgIpc) is 3.25. The molecular formula is C19H28IN3O3. The SMILES string of the molecule is CN=C(NCCc1ccc2c(c1)OCO2)NC1C2CCOC2C1(C)C.I. The van der Waals surface area contributed by atoms with E-state index in [2.05, 4.69) is 41.6 Å². The van der Waals surface area contributed by atoms with Crippen molar-refractivity contribution in [3.63, 3.8) is 0 Å². The summed E-state index contributed by atoms with van der Waals surface area (Å²) in [7, 11) is 1.82. The summed E-state index contributed by atoms with van der Waals surface area (Å²) < 4.78 is 16.7. The lowest BCUT2D eigenvalue weighted by Gasteiger charge is -2.54. The Bertz CT molecular complexity index is 680. The minimum Gasteiger partial charge on any atom is -0.454 e. The van der Waals surface area contributed by atoms with Gasteiger partial charge in [0.15, 0.2) is 17.5 Å². The predicted octanol–water partition coefficient (Wildman–Crippen LogP) is 2.55. The Labute approximate surface area is 172 Å². The first kappa shape index (κ1) is 19.5. The fourth-order valence-electron chi connectivity index (χ4n) is 4.38. The fourth-order valence-corrected chi connectivity index (χ4v) is 4.38. The molecule has 4 rings (SSSR count). The Morgan fingerprint density at radius 1 is 1.27 bits per heavy atom. The van der Waals surface area contributed by atoms with Crippen LogP contribution in [0.15, 0.2) is 23.2 Å². The van der Waals surface area contributed by atoms with E-state index >= 15 is 0 Å². The molecule has 6 nitrogen and oxygen atoms in total. The Morgan fingerprint density at radius 2 is 2.08 bits per heavy atom. The van der Waals surface area contributed by atoms with Crippen LogP contribution in [0.3, 0.4) is 0 Å². The summed E-state index contributed by atoms with van der Waals surface area (Å²) in [6.45, 7) is 6.56. The van der Waals surface area contributed by atoms with Crippen LogP contribution in [-0.2, 0) is 11.2 Å². The van der Waals surface area contributed by atoms with E-state index in [9.17, 15) is 0 Å². The molecule has 2 aliphatic heterocycles. The van der Waals surface area contributed by atoms with Crippen LogP contribution < -0.4 is 20.1 Å². The average molecular weight is 473 g/mol. The molecule has 1 saturated carbocycles. The first-order valence-electron chi connectivity index (χ1n) is 9.07. The minimum atomic E-state index is 0. The predicted molar refractivity (Wildman–Crippen MR) is 112 cm³/mol. The van der Waals surface area contributed by atoms with Crippen LogP contribution in [0.2, 0.25) is 0 Å². The molecule has 1 aromatic rings. The number of hydrogen-bond acceptors (Lipinski definition) is 4. The molecule has 0 spiro atoms. The molecule has 1 saturated heterocycles. The highest BCUT2D eigenvalue weighted by atomic mass is 127. The summed E-state index contributed by atoms with van der Waals surface area (Å²) >= 11 is 0. The zero-order valence-corrected chi connectivity index (χ0v) is 17.9. The third-order valence-electron chi connectivity index (χ3n) is 5.76. The van der Waals surface area contributed by atoms with Crippen LogP contribution in [0.1, 0.15) is 25.8 Å². The van der Waals surface area contributed by atoms with Gasteiger partial charge in [0.25, 0.3) is 0 Å². The summed E-state index contributed by atoms with van der Waals surface area (Å²) in [5.74, 6) is 3.13. The number of nitrogens with zero attached hydrogens (tertiary/aromatic N) is 1. The lowest BCUT2D eigenvalue weighted by molar-refractivity contribution is -0.106. The van der Waals surface area contributed by atoms with Gasteiger partial charge >= 0.3 is 0 Å². The standard InChI is InChI=1S/C19H27N3O3.HI/c1-19(2)16(13-7-9-23-17(13)19)22-18(20-3)21-8-6-12-4-5-14-15(10-12)25-11-24-14;/h4-5,10,13,16-17H,6-9,11H2,1-3H3,(H2,20,21,22);1H. The van der Waals surface area contributed by atoms with E-state index in [4.69, 9.17) is 14.2 Å². The Balaban J connectivity index is 0.00000196. The van der Waals surface area contributed by atoms with Crippen molar-refractivity contribution >= 4 is 29.9 Å². The quantitative estimate of drug-likeness (QED) is 0.400. The third-order valence-corrected chi connectivity index (χ3v) is 5.76. The van der Waals surface area contributed by atoms with Crippen molar-refractivity contribution in [1.29, 1.82) is 0 Å². The highest BCUT2D eigenvalue weighted by Crippen LogP contribution is 2.52. The van der Waals surface area contributed by atoms with Gasteiger partial charge in [0.2, 0.25) is 6.79 Å². The fraction of sp³-hybridized carbons (Fsp3) is 0.632. The molecule has 3 atom stereocenters. The van der Waals surface area contributed by atoms with Gasteiger partial charge in [0, 0.05) is 37.6 Å². The van der Waals surface area contributed by atoms with Crippen molar-refractivity contribution in [3.8, 4) is 11.5 Å². The molecule has 2 N–H and O–H groups in total. The number of benzene rings is 1. The Kier molecular flexibility index (Phi) is 5.86. The maximum atomic E-state index is 5.87. The highest BCUT2D eigenvalue weighted by Gasteiger charge is 2.59. The smallest absolute Gasteiger partial charge is 0.231 e. The van der Waals surface area contributed by atoms with Gasteiger partial charge < -0.3 is 24.8 Å². The molecular weight excluding hydrogens is 445 g/mol. The Morgan fingerprint density at radius 3 is 2.88 bits per heavy atom. The Hall–Kier alpha value is -1.22. The normalized spacial score (nSPS) is 28.0. The van der Waals surface area contributed by atoms with E-state index in [0.717, 1.165) is 43.5 Å². The molecule has 0 aromatic heterocycles. The van der Waals surface area contributed by atoms with Crippen LogP contribution in [0.25, 0.3) is 0 Å². The summed E-state index contributed by atoms with van der Waals surface area (Å²) in [5, 5.41) is 7.04. The van der Waals surface area contributed by atoms with Crippen LogP contribution in [0.4, 0.5) is 0 Å². The van der Waals surface area contributed by atoms with Gasteiger partial charge in [-0.15, -0.1) is 24.0 Å². The van der Waals surface area contributed by atoms with Gasteiger partial charge in [-0.1, -0.05) is 19.9 Å². The summed E-state index contributed by atoms with van der Waals surface area (Å²) in [6, 6.07) is 6.52. The first-order valence-corrected chi connectivity index (χ1v) is 9.07. The lowest BCUT2D eigenvalue weighted by atomic mass is 9.57. The van der Waals surface area contributed by atoms with E-state index in [1.54, 1.807) is 0 Å². The zero-order valence-electron chi connectivity index (χ0n) is 15.6. The van der Waals surface area contributed by atoms with Crippen molar-refractivity contribution in [2.45, 2.75) is 38.8 Å². The third kappa shape index (κ3) is 3.47. The maximum absolute atomic E-state index is 5.87. The van der Waals surface area contributed by atoms with Crippen molar-refractivity contribution < 1.29 is 14.2 Å². The first-order chi connectivity index (χ1) is 12.1. The minimum absolute atomic E-state index is 0. The van der Waals surface area contributed by atoms with E-state index < -0.39 is 0 Å². The summed E-state index contributed by atoms with van der Waals surface area (Å²) in [5.41, 5.74) is 1.37. The second-order valence-corrected chi connectivity index (χ2v) is 7.62. The largest absolute Gasteiger partial charge is 0.454 e. The van der Waals surface area contributed by atoms with Gasteiger partial charge in [-0.3, -0.25) is 4.99 Å². The van der Waals surface area contributed by atoms with Crippen LogP contribution in [0.5, 0.6) is 11.5 Å². The molecule has 2 heterocycles. The van der Waals surface area contributed by atoms with Crippen LogP contribution in [0, 0.1) is 11.3 Å². The molecule has 2 fully saturated rings. The van der Waals surface area contributed by atoms with Crippen molar-refractivity contribution in [2.75, 3.05) is 27.0 Å². The molecule has 1 aromatic carbocycles. The van der Waals surface area contributed by atoms with Crippen LogP contribution in [-0.4, -0.2) is 45.1 Å². The maximum Gasteiger partial charge on any atom is 0.231 e. The van der Waals surface area contributed by atoms with Crippen LogP contribution >= 0.6 is 24.0 Å². The second kappa shape index (κ2) is 7.80. The number of guanidine groups is 1. The number of hydrogen-bond donors (Lipinski definition) is 2. The topological polar surface area (TPSA) is 64.1 Å². The van der Waals surface area contributed by atoms with Gasteiger partial charge in [-0.25, -0.2) is 0 Å². The number of fused-ring (bicyclic) bond motifs is 2. The molecule has 3 unspecified atom stereocenters. The highest BCUT2D eigenvalue weighted by molar-refractivity contribution is 14.0. The van der Waals surface area contributed by atoms with Crippen molar-refractivity contribution in [2.24, 2.45) is 16.3 Å². The van der Waals surface area contributed by atoms with Gasteiger partial charge in [0.05, 0.1) is 6.10 Å². The molecule has 144 valence electrons. The van der Waals surface area contributed by atoms with E-state index in [1.165, 1.54) is 5.56 Å². The van der Waals surface area contributed by atoms with Gasteiger partial charge in [0.1, 0.15) is 0 Å². The molecule has 26 heavy (non-hydrogen) atoms. The monoisotopic (exact) mass is 473 g/mol. The van der Waals surface area contributed by atoms with Gasteiger partial charge in [-0.2, -0.15) is 0 Å².